The van der Waals surface area contributed by atoms with E-state index in [1.165, 1.54) is 24.8 Å². The topological polar surface area (TPSA) is 33.3 Å². The zero-order valence-electron chi connectivity index (χ0n) is 10.1. The number of ether oxygens (including phenoxy) is 1. The van der Waals surface area contributed by atoms with Gasteiger partial charge in [-0.1, -0.05) is 36.8 Å². The summed E-state index contributed by atoms with van der Waals surface area (Å²) >= 11 is 0. The summed E-state index contributed by atoms with van der Waals surface area (Å²) in [6.07, 6.45) is 4.17. The van der Waals surface area contributed by atoms with Gasteiger partial charge in [0.25, 0.3) is 0 Å². The Hall–Kier alpha value is -0.900. The monoisotopic (exact) mass is 232 g/mol. The molecule has 1 saturated carbocycles. The highest BCUT2D eigenvalue weighted by Gasteiger charge is 2.36. The Bertz CT molecular complexity index is 354. The first-order chi connectivity index (χ1) is 8.43. The second kappa shape index (κ2) is 5.17. The van der Waals surface area contributed by atoms with Crippen molar-refractivity contribution in [2.45, 2.75) is 38.0 Å². The van der Waals surface area contributed by atoms with E-state index in [9.17, 15) is 0 Å². The van der Waals surface area contributed by atoms with Gasteiger partial charge in [0.1, 0.15) is 0 Å². The molecule has 3 atom stereocenters. The number of fused-ring (bicyclic) bond motifs is 1. The van der Waals surface area contributed by atoms with Crippen molar-refractivity contribution in [1.82, 2.24) is 10.9 Å². The molecule has 1 aliphatic heterocycles. The van der Waals surface area contributed by atoms with Gasteiger partial charge in [0.2, 0.25) is 0 Å². The molecule has 0 bridgehead atoms. The van der Waals surface area contributed by atoms with Gasteiger partial charge >= 0.3 is 0 Å². The van der Waals surface area contributed by atoms with Crippen molar-refractivity contribution in [3.8, 4) is 0 Å². The Morgan fingerprint density at radius 2 is 2.06 bits per heavy atom. The summed E-state index contributed by atoms with van der Waals surface area (Å²) in [5, 5.41) is 0. The molecule has 3 heteroatoms. The zero-order valence-corrected chi connectivity index (χ0v) is 10.1. The molecule has 92 valence electrons. The Morgan fingerprint density at radius 3 is 2.94 bits per heavy atom. The maximum Gasteiger partial charge on any atom is 0.0749 e. The van der Waals surface area contributed by atoms with Crippen LogP contribution in [0, 0.1) is 5.92 Å². The van der Waals surface area contributed by atoms with Crippen molar-refractivity contribution in [1.29, 1.82) is 0 Å². The number of hydrazine groups is 1. The average Bonchev–Trinajstić information content (AvgIpc) is 2.86. The third-order valence-corrected chi connectivity index (χ3v) is 3.91. The number of rotatable bonds is 3. The minimum Gasteiger partial charge on any atom is -0.372 e. The highest BCUT2D eigenvalue weighted by Crippen LogP contribution is 2.29. The van der Waals surface area contributed by atoms with E-state index in [0.29, 0.717) is 12.1 Å². The van der Waals surface area contributed by atoms with E-state index in [-0.39, 0.29) is 0 Å². The van der Waals surface area contributed by atoms with Gasteiger partial charge in [-0.3, -0.25) is 10.9 Å². The molecule has 1 saturated heterocycles. The lowest BCUT2D eigenvalue weighted by molar-refractivity contribution is -0.0125. The van der Waals surface area contributed by atoms with Crippen LogP contribution in [0.25, 0.3) is 0 Å². The maximum absolute atomic E-state index is 6.08. The second-order valence-electron chi connectivity index (χ2n) is 5.08. The first-order valence-corrected chi connectivity index (χ1v) is 6.57. The van der Waals surface area contributed by atoms with Gasteiger partial charge in [0.15, 0.2) is 0 Å². The van der Waals surface area contributed by atoms with Crippen molar-refractivity contribution in [3.63, 3.8) is 0 Å². The molecular formula is C14H20N2O. The fourth-order valence-corrected chi connectivity index (χ4v) is 2.96. The Balaban J connectivity index is 1.57. The summed E-state index contributed by atoms with van der Waals surface area (Å²) in [7, 11) is 0. The van der Waals surface area contributed by atoms with Crippen LogP contribution in [-0.4, -0.2) is 18.7 Å². The molecule has 3 unspecified atom stereocenters. The molecule has 2 fully saturated rings. The van der Waals surface area contributed by atoms with E-state index in [1.54, 1.807) is 0 Å². The molecule has 2 N–H and O–H groups in total. The van der Waals surface area contributed by atoms with E-state index >= 15 is 0 Å². The summed E-state index contributed by atoms with van der Waals surface area (Å²) in [5.74, 6) is 0.754. The largest absolute Gasteiger partial charge is 0.372 e. The summed E-state index contributed by atoms with van der Waals surface area (Å²) in [6.45, 7) is 1.83. The molecule has 0 radical (unpaired) electrons. The fraction of sp³-hybridized carbons (Fsp3) is 0.571. The van der Waals surface area contributed by atoms with Gasteiger partial charge in [-0.25, -0.2) is 0 Å². The summed E-state index contributed by atoms with van der Waals surface area (Å²) in [6, 6.07) is 10.9. The van der Waals surface area contributed by atoms with Crippen molar-refractivity contribution in [2.24, 2.45) is 5.92 Å². The first-order valence-electron chi connectivity index (χ1n) is 6.57. The lowest BCUT2D eigenvalue weighted by atomic mass is 9.84. The van der Waals surface area contributed by atoms with Crippen molar-refractivity contribution in [2.75, 3.05) is 6.54 Å². The summed E-state index contributed by atoms with van der Waals surface area (Å²) in [5.41, 5.74) is 7.90. The van der Waals surface area contributed by atoms with Crippen molar-refractivity contribution in [3.05, 3.63) is 35.9 Å². The maximum atomic E-state index is 6.08. The smallest absolute Gasteiger partial charge is 0.0749 e. The summed E-state index contributed by atoms with van der Waals surface area (Å²) in [4.78, 5) is 0. The van der Waals surface area contributed by atoms with Gasteiger partial charge < -0.3 is 4.74 Å². The van der Waals surface area contributed by atoms with Crippen LogP contribution in [0.3, 0.4) is 0 Å². The minimum absolute atomic E-state index is 0.365. The molecule has 0 spiro atoms. The van der Waals surface area contributed by atoms with Crippen molar-refractivity contribution < 1.29 is 4.74 Å². The van der Waals surface area contributed by atoms with Crippen LogP contribution in [-0.2, 0) is 11.3 Å². The van der Waals surface area contributed by atoms with Gasteiger partial charge in [-0.15, -0.1) is 0 Å². The number of hydrogen-bond donors (Lipinski definition) is 2. The standard InChI is InChI=1S/C14H20N2O/c1-2-5-11(6-3-1)10-17-13-8-4-7-12-9-15-16-14(12)13/h1-3,5-6,12-16H,4,7-10H2. The predicted octanol–water partition coefficient (Wildman–Crippen LogP) is 1.85. The van der Waals surface area contributed by atoms with Gasteiger partial charge in [-0.05, 0) is 24.3 Å². The summed E-state index contributed by atoms with van der Waals surface area (Å²) < 4.78 is 6.08. The average molecular weight is 232 g/mol. The van der Waals surface area contributed by atoms with Crippen LogP contribution >= 0.6 is 0 Å². The van der Waals surface area contributed by atoms with Crippen LogP contribution in [0.15, 0.2) is 30.3 Å². The van der Waals surface area contributed by atoms with Crippen LogP contribution in [0.1, 0.15) is 24.8 Å². The molecule has 2 aliphatic rings. The molecule has 3 nitrogen and oxygen atoms in total. The van der Waals surface area contributed by atoms with Gasteiger partial charge in [0, 0.05) is 6.54 Å². The van der Waals surface area contributed by atoms with Crippen LogP contribution < -0.4 is 10.9 Å². The van der Waals surface area contributed by atoms with Gasteiger partial charge in [-0.2, -0.15) is 0 Å². The molecular weight excluding hydrogens is 212 g/mol. The third kappa shape index (κ3) is 2.51. The van der Waals surface area contributed by atoms with E-state index in [4.69, 9.17) is 4.74 Å². The van der Waals surface area contributed by atoms with E-state index in [2.05, 4.69) is 35.1 Å². The molecule has 3 rings (SSSR count). The molecule has 1 aromatic rings. The highest BCUT2D eigenvalue weighted by molar-refractivity contribution is 5.13. The normalized spacial score (nSPS) is 32.4. The minimum atomic E-state index is 0.365. The van der Waals surface area contributed by atoms with Crippen molar-refractivity contribution >= 4 is 0 Å². The SMILES string of the molecule is c1ccc(COC2CCCC3CNNC32)cc1. The fourth-order valence-electron chi connectivity index (χ4n) is 2.96. The lowest BCUT2D eigenvalue weighted by Crippen LogP contribution is -2.45. The number of nitrogens with one attached hydrogen (secondary N) is 2. The molecule has 0 aromatic heterocycles. The second-order valence-corrected chi connectivity index (χ2v) is 5.08. The quantitative estimate of drug-likeness (QED) is 0.834. The first kappa shape index (κ1) is 11.2. The van der Waals surface area contributed by atoms with Crippen LogP contribution in [0.2, 0.25) is 0 Å². The van der Waals surface area contributed by atoms with E-state index < -0.39 is 0 Å². The van der Waals surface area contributed by atoms with E-state index in [1.807, 2.05) is 6.07 Å². The zero-order chi connectivity index (χ0) is 11.5. The third-order valence-electron chi connectivity index (χ3n) is 3.91. The van der Waals surface area contributed by atoms with Gasteiger partial charge in [0.05, 0.1) is 18.8 Å². The van der Waals surface area contributed by atoms with Crippen LogP contribution in [0.5, 0.6) is 0 Å². The predicted molar refractivity (Wildman–Crippen MR) is 67.3 cm³/mol. The Kier molecular flexibility index (Phi) is 3.41. The molecule has 1 aromatic carbocycles. The highest BCUT2D eigenvalue weighted by atomic mass is 16.5. The van der Waals surface area contributed by atoms with Crippen LogP contribution in [0.4, 0.5) is 0 Å². The lowest BCUT2D eigenvalue weighted by Gasteiger charge is -2.32. The number of benzene rings is 1. The Labute approximate surface area is 103 Å². The van der Waals surface area contributed by atoms with E-state index in [0.717, 1.165) is 19.1 Å². The molecule has 1 aliphatic carbocycles. The molecule has 17 heavy (non-hydrogen) atoms. The number of hydrogen-bond acceptors (Lipinski definition) is 3. The molecule has 0 amide bonds. The Morgan fingerprint density at radius 1 is 1.18 bits per heavy atom. The molecule has 1 heterocycles.